The molecule has 0 fully saturated rings. The van der Waals surface area contributed by atoms with Gasteiger partial charge in [0.25, 0.3) is 0 Å². The second-order valence-electron chi connectivity index (χ2n) is 3.96. The standard InChI is InChI=1S/C8H8O2.C8H10/c1-6-4-2-3-5-7(6)8(9)10;1-2-8-6-4-3-5-7-8/h2-5H,1H3,(H,9,10);3-7H,2H2,1H3. The zero-order valence-electron chi connectivity index (χ0n) is 10.8. The van der Waals surface area contributed by atoms with Crippen LogP contribution in [0.3, 0.4) is 0 Å². The molecule has 0 aliphatic carbocycles. The zero-order valence-corrected chi connectivity index (χ0v) is 10.8. The molecule has 2 nitrogen and oxygen atoms in total. The molecule has 0 spiro atoms. The minimum atomic E-state index is -0.863. The number of rotatable bonds is 2. The first kappa shape index (κ1) is 14.0. The molecule has 0 aliphatic rings. The van der Waals surface area contributed by atoms with Gasteiger partial charge in [0.05, 0.1) is 5.56 Å². The van der Waals surface area contributed by atoms with Crippen molar-refractivity contribution in [3.8, 4) is 0 Å². The summed E-state index contributed by atoms with van der Waals surface area (Å²) in [5.74, 6) is -0.863. The largest absolute Gasteiger partial charge is 0.478 e. The van der Waals surface area contributed by atoms with Crippen LogP contribution in [0.25, 0.3) is 0 Å². The fourth-order valence-corrected chi connectivity index (χ4v) is 1.53. The fourth-order valence-electron chi connectivity index (χ4n) is 1.53. The zero-order chi connectivity index (χ0) is 13.4. The molecule has 0 radical (unpaired) electrons. The van der Waals surface area contributed by atoms with Gasteiger partial charge in [0, 0.05) is 0 Å². The lowest BCUT2D eigenvalue weighted by molar-refractivity contribution is 0.0696. The summed E-state index contributed by atoms with van der Waals surface area (Å²) in [6, 6.07) is 17.4. The monoisotopic (exact) mass is 242 g/mol. The highest BCUT2D eigenvalue weighted by Crippen LogP contribution is 2.05. The molecule has 0 aliphatic heterocycles. The van der Waals surface area contributed by atoms with Gasteiger partial charge in [-0.15, -0.1) is 0 Å². The Kier molecular flexibility index (Phi) is 5.65. The van der Waals surface area contributed by atoms with Crippen molar-refractivity contribution in [2.75, 3.05) is 0 Å². The molecule has 0 saturated carbocycles. The Bertz CT molecular complexity index is 489. The molecule has 0 aromatic heterocycles. The van der Waals surface area contributed by atoms with E-state index in [0.29, 0.717) is 5.56 Å². The first-order valence-electron chi connectivity index (χ1n) is 5.98. The molecular formula is C16H18O2. The van der Waals surface area contributed by atoms with Crippen LogP contribution in [-0.2, 0) is 6.42 Å². The van der Waals surface area contributed by atoms with E-state index < -0.39 is 5.97 Å². The second-order valence-corrected chi connectivity index (χ2v) is 3.96. The van der Waals surface area contributed by atoms with Crippen molar-refractivity contribution in [1.82, 2.24) is 0 Å². The van der Waals surface area contributed by atoms with Crippen LogP contribution in [0.5, 0.6) is 0 Å². The van der Waals surface area contributed by atoms with Crippen molar-refractivity contribution in [1.29, 1.82) is 0 Å². The van der Waals surface area contributed by atoms with Crippen LogP contribution in [0.2, 0.25) is 0 Å². The van der Waals surface area contributed by atoms with Crippen molar-refractivity contribution in [2.45, 2.75) is 20.3 Å². The summed E-state index contributed by atoms with van der Waals surface area (Å²) in [5, 5.41) is 8.57. The molecule has 2 heteroatoms. The van der Waals surface area contributed by atoms with Crippen LogP contribution in [0, 0.1) is 6.92 Å². The van der Waals surface area contributed by atoms with Gasteiger partial charge in [0.2, 0.25) is 0 Å². The third-order valence-corrected chi connectivity index (χ3v) is 2.63. The number of carbonyl (C=O) groups is 1. The lowest BCUT2D eigenvalue weighted by Crippen LogP contribution is -1.97. The van der Waals surface area contributed by atoms with Gasteiger partial charge in [0.1, 0.15) is 0 Å². The molecule has 0 bridgehead atoms. The maximum atomic E-state index is 10.4. The number of benzene rings is 2. The maximum absolute atomic E-state index is 10.4. The average Bonchev–Trinajstić information content (AvgIpc) is 2.40. The highest BCUT2D eigenvalue weighted by Gasteiger charge is 2.02. The van der Waals surface area contributed by atoms with E-state index in [9.17, 15) is 4.79 Å². The van der Waals surface area contributed by atoms with Gasteiger partial charge < -0.3 is 5.11 Å². The molecule has 94 valence electrons. The van der Waals surface area contributed by atoms with Gasteiger partial charge in [0.15, 0.2) is 0 Å². The molecular weight excluding hydrogens is 224 g/mol. The summed E-state index contributed by atoms with van der Waals surface area (Å²) in [7, 11) is 0. The predicted octanol–water partition coefficient (Wildman–Crippen LogP) is 3.94. The van der Waals surface area contributed by atoms with E-state index in [2.05, 4.69) is 31.2 Å². The number of hydrogen-bond donors (Lipinski definition) is 1. The number of aryl methyl sites for hydroxylation is 2. The molecule has 2 aromatic rings. The highest BCUT2D eigenvalue weighted by atomic mass is 16.4. The summed E-state index contributed by atoms with van der Waals surface area (Å²) in [6.07, 6.45) is 1.14. The van der Waals surface area contributed by atoms with Gasteiger partial charge >= 0.3 is 5.97 Å². The van der Waals surface area contributed by atoms with Crippen molar-refractivity contribution in [2.24, 2.45) is 0 Å². The van der Waals surface area contributed by atoms with E-state index in [-0.39, 0.29) is 0 Å². The van der Waals surface area contributed by atoms with Crippen LogP contribution in [0.4, 0.5) is 0 Å². The van der Waals surface area contributed by atoms with Crippen LogP contribution < -0.4 is 0 Å². The van der Waals surface area contributed by atoms with E-state index in [4.69, 9.17) is 5.11 Å². The first-order chi connectivity index (χ1) is 8.65. The topological polar surface area (TPSA) is 37.3 Å². The maximum Gasteiger partial charge on any atom is 0.335 e. The van der Waals surface area contributed by atoms with Crippen LogP contribution in [0.15, 0.2) is 54.6 Å². The van der Waals surface area contributed by atoms with E-state index >= 15 is 0 Å². The second kappa shape index (κ2) is 7.28. The number of aromatic carboxylic acids is 1. The summed E-state index contributed by atoms with van der Waals surface area (Å²) in [4.78, 5) is 10.4. The first-order valence-corrected chi connectivity index (χ1v) is 5.98. The molecule has 0 saturated heterocycles. The van der Waals surface area contributed by atoms with Crippen LogP contribution in [0.1, 0.15) is 28.4 Å². The van der Waals surface area contributed by atoms with E-state index in [1.165, 1.54) is 5.56 Å². The third kappa shape index (κ3) is 4.42. The molecule has 2 aromatic carbocycles. The third-order valence-electron chi connectivity index (χ3n) is 2.63. The Balaban J connectivity index is 0.000000184. The summed E-state index contributed by atoms with van der Waals surface area (Å²) in [5.41, 5.74) is 2.59. The molecule has 1 N–H and O–H groups in total. The molecule has 0 unspecified atom stereocenters. The molecule has 0 heterocycles. The van der Waals surface area contributed by atoms with Gasteiger partial charge in [-0.05, 0) is 30.5 Å². The van der Waals surface area contributed by atoms with Gasteiger partial charge in [-0.2, -0.15) is 0 Å². The normalized spacial score (nSPS) is 9.22. The van der Waals surface area contributed by atoms with Crippen molar-refractivity contribution in [3.05, 3.63) is 71.3 Å². The van der Waals surface area contributed by atoms with Crippen molar-refractivity contribution < 1.29 is 9.90 Å². The Hall–Kier alpha value is -2.09. The van der Waals surface area contributed by atoms with Crippen molar-refractivity contribution in [3.63, 3.8) is 0 Å². The fraction of sp³-hybridized carbons (Fsp3) is 0.188. The molecule has 18 heavy (non-hydrogen) atoms. The smallest absolute Gasteiger partial charge is 0.335 e. The Labute approximate surface area is 108 Å². The summed E-state index contributed by atoms with van der Waals surface area (Å²) >= 11 is 0. The van der Waals surface area contributed by atoms with Gasteiger partial charge in [-0.25, -0.2) is 4.79 Å². The van der Waals surface area contributed by atoms with E-state index in [1.807, 2.05) is 12.1 Å². The number of hydrogen-bond acceptors (Lipinski definition) is 1. The van der Waals surface area contributed by atoms with Gasteiger partial charge in [-0.1, -0.05) is 55.5 Å². The molecule has 2 rings (SSSR count). The lowest BCUT2D eigenvalue weighted by atomic mass is 10.1. The van der Waals surface area contributed by atoms with Gasteiger partial charge in [-0.3, -0.25) is 0 Å². The van der Waals surface area contributed by atoms with Crippen LogP contribution >= 0.6 is 0 Å². The highest BCUT2D eigenvalue weighted by molar-refractivity contribution is 5.89. The summed E-state index contributed by atoms with van der Waals surface area (Å²) in [6.45, 7) is 3.94. The minimum absolute atomic E-state index is 0.377. The summed E-state index contributed by atoms with van der Waals surface area (Å²) < 4.78 is 0. The number of carboxylic acids is 1. The van der Waals surface area contributed by atoms with Crippen LogP contribution in [-0.4, -0.2) is 11.1 Å². The van der Waals surface area contributed by atoms with E-state index in [1.54, 1.807) is 25.1 Å². The Morgan fingerprint density at radius 2 is 1.56 bits per heavy atom. The number of carboxylic acid groups (broad SMARTS) is 1. The quantitative estimate of drug-likeness (QED) is 0.866. The molecule has 0 amide bonds. The SMILES string of the molecule is CCc1ccccc1.Cc1ccccc1C(=O)O. The predicted molar refractivity (Wildman–Crippen MR) is 74.0 cm³/mol. The van der Waals surface area contributed by atoms with Crippen molar-refractivity contribution >= 4 is 5.97 Å². The Morgan fingerprint density at radius 1 is 1.00 bits per heavy atom. The minimum Gasteiger partial charge on any atom is -0.478 e. The lowest BCUT2D eigenvalue weighted by Gasteiger charge is -1.96. The molecule has 0 atom stereocenters. The van der Waals surface area contributed by atoms with E-state index in [0.717, 1.165) is 12.0 Å². The Morgan fingerprint density at radius 3 is 1.94 bits per heavy atom. The average molecular weight is 242 g/mol.